The Morgan fingerprint density at radius 3 is 2.35 bits per heavy atom. The normalized spacial score (nSPS) is 11.8. The molecule has 0 aromatic heterocycles. The van der Waals surface area contributed by atoms with E-state index in [1.54, 1.807) is 7.11 Å². The Labute approximate surface area is 146 Å². The molecular formula is C18H14F3N3O2. The third kappa shape index (κ3) is 3.01. The molecule has 8 heteroatoms. The highest BCUT2D eigenvalue weighted by Crippen LogP contribution is 2.39. The monoisotopic (exact) mass is 361 g/mol. The molecule has 2 aliphatic rings. The van der Waals surface area contributed by atoms with Gasteiger partial charge in [-0.25, -0.2) is 0 Å². The SMILES string of the molecule is COc1ccc2cc3c(Nc4ccc(OC(F)(F)F)cc4)[nH][nH]c-3c2c1. The number of alkyl halides is 3. The van der Waals surface area contributed by atoms with Crippen molar-refractivity contribution in [1.29, 1.82) is 0 Å². The quantitative estimate of drug-likeness (QED) is 0.465. The van der Waals surface area contributed by atoms with Gasteiger partial charge in [0, 0.05) is 16.6 Å². The Morgan fingerprint density at radius 1 is 0.923 bits per heavy atom. The molecule has 0 saturated carbocycles. The molecule has 0 atom stereocenters. The molecule has 0 spiro atoms. The fourth-order valence-electron chi connectivity index (χ4n) is 2.88. The van der Waals surface area contributed by atoms with Crippen molar-refractivity contribution in [3.63, 3.8) is 0 Å². The lowest BCUT2D eigenvalue weighted by Gasteiger charge is -2.10. The van der Waals surface area contributed by atoms with Crippen LogP contribution in [-0.4, -0.2) is 23.7 Å². The predicted molar refractivity (Wildman–Crippen MR) is 92.2 cm³/mol. The van der Waals surface area contributed by atoms with Crippen LogP contribution in [0.4, 0.5) is 24.7 Å². The molecular weight excluding hydrogens is 347 g/mol. The molecule has 1 aliphatic heterocycles. The highest BCUT2D eigenvalue weighted by molar-refractivity contribution is 6.04. The van der Waals surface area contributed by atoms with Gasteiger partial charge in [-0.15, -0.1) is 13.2 Å². The summed E-state index contributed by atoms with van der Waals surface area (Å²) >= 11 is 0. The molecule has 1 aliphatic carbocycles. The molecule has 0 radical (unpaired) electrons. The number of aromatic amines is 2. The van der Waals surface area contributed by atoms with Gasteiger partial charge >= 0.3 is 6.36 Å². The topological polar surface area (TPSA) is 62.1 Å². The van der Waals surface area contributed by atoms with Crippen molar-refractivity contribution < 1.29 is 22.6 Å². The van der Waals surface area contributed by atoms with Gasteiger partial charge in [0.15, 0.2) is 0 Å². The maximum absolute atomic E-state index is 12.2. The van der Waals surface area contributed by atoms with E-state index >= 15 is 0 Å². The Hall–Kier alpha value is -3.29. The highest BCUT2D eigenvalue weighted by atomic mass is 19.4. The number of ether oxygens (including phenoxy) is 2. The first-order chi connectivity index (χ1) is 12.4. The van der Waals surface area contributed by atoms with Gasteiger partial charge in [-0.2, -0.15) is 0 Å². The van der Waals surface area contributed by atoms with E-state index in [1.807, 2.05) is 24.3 Å². The van der Waals surface area contributed by atoms with E-state index in [1.165, 1.54) is 24.3 Å². The van der Waals surface area contributed by atoms with E-state index in [0.717, 1.165) is 27.8 Å². The van der Waals surface area contributed by atoms with E-state index in [9.17, 15) is 13.2 Å². The minimum Gasteiger partial charge on any atom is -0.497 e. The standard InChI is InChI=1S/C18H14F3N3O2/c1-25-13-5-2-10-8-15-16(14(10)9-13)23-24-17(15)22-11-3-6-12(7-4-11)26-18(19,20)21/h2-9,22-24H,1H3. The summed E-state index contributed by atoms with van der Waals surface area (Å²) in [7, 11) is 1.61. The maximum Gasteiger partial charge on any atom is 0.573 e. The molecule has 0 amide bonds. The Morgan fingerprint density at radius 2 is 1.65 bits per heavy atom. The van der Waals surface area contributed by atoms with E-state index in [-0.39, 0.29) is 5.75 Å². The van der Waals surface area contributed by atoms with E-state index in [4.69, 9.17) is 4.74 Å². The largest absolute Gasteiger partial charge is 0.573 e. The van der Waals surface area contributed by atoms with Crippen LogP contribution in [0.5, 0.6) is 11.5 Å². The van der Waals surface area contributed by atoms with Crippen LogP contribution in [-0.2, 0) is 0 Å². The molecule has 2 aromatic carbocycles. The number of H-pyrrole nitrogens is 2. The number of hydrogen-bond acceptors (Lipinski definition) is 3. The van der Waals surface area contributed by atoms with Crippen molar-refractivity contribution in [3.05, 3.63) is 48.5 Å². The number of hydrogen-bond donors (Lipinski definition) is 3. The number of nitrogens with one attached hydrogen (secondary N) is 3. The summed E-state index contributed by atoms with van der Waals surface area (Å²) in [4.78, 5) is 0. The number of rotatable bonds is 4. The van der Waals surface area contributed by atoms with Crippen LogP contribution < -0.4 is 14.8 Å². The van der Waals surface area contributed by atoms with Gasteiger partial charge in [-0.1, -0.05) is 6.07 Å². The molecule has 4 rings (SSSR count). The second kappa shape index (κ2) is 5.91. The number of benzene rings is 2. The van der Waals surface area contributed by atoms with Crippen molar-refractivity contribution in [1.82, 2.24) is 10.2 Å². The average molecular weight is 361 g/mol. The molecule has 134 valence electrons. The maximum atomic E-state index is 12.2. The minimum absolute atomic E-state index is 0.266. The fraction of sp³-hybridized carbons (Fsp3) is 0.111. The van der Waals surface area contributed by atoms with Crippen molar-refractivity contribution in [2.75, 3.05) is 12.4 Å². The molecule has 26 heavy (non-hydrogen) atoms. The van der Waals surface area contributed by atoms with Gasteiger partial charge in [0.1, 0.15) is 17.3 Å². The number of methoxy groups -OCH3 is 1. The zero-order valence-corrected chi connectivity index (χ0v) is 13.6. The first-order valence-electron chi connectivity index (χ1n) is 7.72. The zero-order valence-electron chi connectivity index (χ0n) is 13.6. The predicted octanol–water partition coefficient (Wildman–Crippen LogP) is 5.25. The van der Waals surface area contributed by atoms with E-state index in [0.29, 0.717) is 11.5 Å². The van der Waals surface area contributed by atoms with Gasteiger partial charge in [0.05, 0.1) is 12.8 Å². The lowest BCUT2D eigenvalue weighted by molar-refractivity contribution is -0.274. The van der Waals surface area contributed by atoms with Crippen LogP contribution >= 0.6 is 0 Å². The highest BCUT2D eigenvalue weighted by Gasteiger charge is 2.31. The molecule has 0 saturated heterocycles. The Kier molecular flexibility index (Phi) is 3.68. The van der Waals surface area contributed by atoms with Crippen LogP contribution in [0.3, 0.4) is 0 Å². The summed E-state index contributed by atoms with van der Waals surface area (Å²) in [5.41, 5.74) is 2.47. The Bertz CT molecular complexity index is 1020. The second-order valence-corrected chi connectivity index (χ2v) is 5.71. The summed E-state index contributed by atoms with van der Waals surface area (Å²) in [6.45, 7) is 0. The lowest BCUT2D eigenvalue weighted by Crippen LogP contribution is -2.16. The van der Waals surface area contributed by atoms with Crippen molar-refractivity contribution in [2.45, 2.75) is 6.36 Å². The molecule has 1 heterocycles. The molecule has 0 bridgehead atoms. The van der Waals surface area contributed by atoms with E-state index < -0.39 is 6.36 Å². The second-order valence-electron chi connectivity index (χ2n) is 5.71. The van der Waals surface area contributed by atoms with Crippen molar-refractivity contribution >= 4 is 22.3 Å². The number of halogens is 3. The van der Waals surface area contributed by atoms with Crippen molar-refractivity contribution in [2.24, 2.45) is 0 Å². The Balaban J connectivity index is 1.59. The first kappa shape index (κ1) is 16.2. The van der Waals surface area contributed by atoms with Crippen LogP contribution in [0.1, 0.15) is 0 Å². The third-order valence-electron chi connectivity index (χ3n) is 4.04. The lowest BCUT2D eigenvalue weighted by atomic mass is 10.2. The van der Waals surface area contributed by atoms with Gasteiger partial charge < -0.3 is 14.8 Å². The number of aromatic nitrogens is 2. The minimum atomic E-state index is -4.70. The van der Waals surface area contributed by atoms with Crippen LogP contribution in [0, 0.1) is 0 Å². The van der Waals surface area contributed by atoms with Gasteiger partial charge in [0.25, 0.3) is 0 Å². The van der Waals surface area contributed by atoms with Crippen molar-refractivity contribution in [3.8, 4) is 22.8 Å². The zero-order chi connectivity index (χ0) is 18.3. The number of anilines is 2. The summed E-state index contributed by atoms with van der Waals surface area (Å²) in [6.07, 6.45) is -4.70. The molecule has 0 unspecified atom stereocenters. The van der Waals surface area contributed by atoms with Gasteiger partial charge in [-0.05, 0) is 47.9 Å². The van der Waals surface area contributed by atoms with Gasteiger partial charge in [-0.3, -0.25) is 10.2 Å². The molecule has 5 nitrogen and oxygen atoms in total. The first-order valence-corrected chi connectivity index (χ1v) is 7.72. The summed E-state index contributed by atoms with van der Waals surface area (Å²) in [6, 6.07) is 13.3. The van der Waals surface area contributed by atoms with E-state index in [2.05, 4.69) is 20.3 Å². The van der Waals surface area contributed by atoms with Crippen LogP contribution in [0.15, 0.2) is 48.5 Å². The summed E-state index contributed by atoms with van der Waals surface area (Å²) in [5, 5.41) is 11.4. The smallest absolute Gasteiger partial charge is 0.497 e. The van der Waals surface area contributed by atoms with Crippen LogP contribution in [0.2, 0.25) is 0 Å². The summed E-state index contributed by atoms with van der Waals surface area (Å²) in [5.74, 6) is 1.20. The van der Waals surface area contributed by atoms with Crippen LogP contribution in [0.25, 0.3) is 22.0 Å². The third-order valence-corrected chi connectivity index (χ3v) is 4.04. The summed E-state index contributed by atoms with van der Waals surface area (Å²) < 4.78 is 45.8. The molecule has 2 aromatic rings. The average Bonchev–Trinajstić information content (AvgIpc) is 3.14. The van der Waals surface area contributed by atoms with Gasteiger partial charge in [0.2, 0.25) is 0 Å². The molecule has 0 fully saturated rings. The molecule has 3 N–H and O–H groups in total. The fourth-order valence-corrected chi connectivity index (χ4v) is 2.88. The number of fused-ring (bicyclic) bond motifs is 3.